The van der Waals surface area contributed by atoms with Crippen molar-refractivity contribution in [3.05, 3.63) is 34.7 Å². The largest absolute Gasteiger partial charge is 0.378 e. The Kier molecular flexibility index (Phi) is 5.96. The zero-order chi connectivity index (χ0) is 18.5. The van der Waals surface area contributed by atoms with Crippen LogP contribution in [0.1, 0.15) is 12.0 Å². The minimum atomic E-state index is -0.159. The molecule has 6 nitrogen and oxygen atoms in total. The van der Waals surface area contributed by atoms with Gasteiger partial charge in [0.2, 0.25) is 0 Å². The number of hydrogen-bond donors (Lipinski definition) is 0. The summed E-state index contributed by atoms with van der Waals surface area (Å²) in [6.45, 7) is 4.31. The molecule has 0 N–H and O–H groups in total. The number of nitrogens with zero attached hydrogens (tertiary/aromatic N) is 5. The highest BCUT2D eigenvalue weighted by molar-refractivity contribution is 8.18. The fourth-order valence-electron chi connectivity index (χ4n) is 2.92. The van der Waals surface area contributed by atoms with E-state index in [1.165, 1.54) is 11.8 Å². The normalized spacial score (nSPS) is 19.6. The molecule has 1 saturated heterocycles. The molecule has 1 amide bonds. The molecule has 0 spiro atoms. The highest BCUT2D eigenvalue weighted by Crippen LogP contribution is 2.31. The molecule has 0 aliphatic carbocycles. The van der Waals surface area contributed by atoms with Gasteiger partial charge in [-0.25, -0.2) is 0 Å². The quantitative estimate of drug-likeness (QED) is 0.759. The first kappa shape index (κ1) is 18.5. The van der Waals surface area contributed by atoms with Gasteiger partial charge in [0.1, 0.15) is 0 Å². The van der Waals surface area contributed by atoms with E-state index in [1.54, 1.807) is 0 Å². The Bertz CT molecular complexity index is 755. The average molecular weight is 369 g/mol. The molecule has 0 aromatic heterocycles. The van der Waals surface area contributed by atoms with Gasteiger partial charge in [0, 0.05) is 58.9 Å². The van der Waals surface area contributed by atoms with Crippen molar-refractivity contribution in [2.24, 2.45) is 4.99 Å². The van der Waals surface area contributed by atoms with E-state index in [1.807, 2.05) is 49.3 Å². The molecular formula is C19H23N5OS. The van der Waals surface area contributed by atoms with Gasteiger partial charge >= 0.3 is 0 Å². The summed E-state index contributed by atoms with van der Waals surface area (Å²) in [7, 11) is 4.01. The summed E-state index contributed by atoms with van der Waals surface area (Å²) in [5, 5.41) is 9.48. The Morgan fingerprint density at radius 3 is 2.54 bits per heavy atom. The van der Waals surface area contributed by atoms with E-state index in [4.69, 9.17) is 5.26 Å². The number of amidine groups is 1. The SMILES string of the molecule is CN(C)c1ccc(/C=C2/SC(N3CCN(CCC#N)CC3)=NC2=O)cc1. The van der Waals surface area contributed by atoms with Crippen molar-refractivity contribution in [1.29, 1.82) is 5.26 Å². The lowest BCUT2D eigenvalue weighted by atomic mass is 10.2. The third kappa shape index (κ3) is 4.45. The van der Waals surface area contributed by atoms with E-state index >= 15 is 0 Å². The maximum atomic E-state index is 12.3. The first-order valence-electron chi connectivity index (χ1n) is 8.71. The fraction of sp³-hybridized carbons (Fsp3) is 0.421. The Hall–Kier alpha value is -2.30. The standard InChI is InChI=1S/C19H23N5OS/c1-22(2)16-6-4-15(5-7-16)14-17-18(25)21-19(26-17)24-12-10-23(11-13-24)9-3-8-20/h4-7,14H,3,9-13H2,1-2H3/b17-14+. The number of nitriles is 1. The second-order valence-corrected chi connectivity index (χ2v) is 7.54. The number of thioether (sulfide) groups is 1. The summed E-state index contributed by atoms with van der Waals surface area (Å²) in [4.78, 5) is 23.7. The summed E-state index contributed by atoms with van der Waals surface area (Å²) in [5.74, 6) is -0.159. The smallest absolute Gasteiger partial charge is 0.286 e. The zero-order valence-electron chi connectivity index (χ0n) is 15.2. The molecule has 2 aliphatic heterocycles. The van der Waals surface area contributed by atoms with Crippen LogP contribution < -0.4 is 4.90 Å². The molecule has 0 saturated carbocycles. The van der Waals surface area contributed by atoms with Gasteiger partial charge < -0.3 is 9.80 Å². The number of amides is 1. The van der Waals surface area contributed by atoms with Crippen LogP contribution in [0.2, 0.25) is 0 Å². The van der Waals surface area contributed by atoms with Crippen LogP contribution in [0, 0.1) is 11.3 Å². The number of anilines is 1. The summed E-state index contributed by atoms with van der Waals surface area (Å²) < 4.78 is 0. The lowest BCUT2D eigenvalue weighted by molar-refractivity contribution is -0.113. The molecule has 2 heterocycles. The highest BCUT2D eigenvalue weighted by atomic mass is 32.2. The van der Waals surface area contributed by atoms with Gasteiger partial charge in [-0.1, -0.05) is 12.1 Å². The Labute approximate surface area is 158 Å². The van der Waals surface area contributed by atoms with Crippen molar-refractivity contribution in [3.8, 4) is 6.07 Å². The molecule has 1 aromatic carbocycles. The van der Waals surface area contributed by atoms with E-state index in [9.17, 15) is 4.79 Å². The van der Waals surface area contributed by atoms with E-state index in [2.05, 4.69) is 20.9 Å². The molecule has 136 valence electrons. The Morgan fingerprint density at radius 2 is 1.92 bits per heavy atom. The minimum absolute atomic E-state index is 0.159. The Balaban J connectivity index is 1.60. The minimum Gasteiger partial charge on any atom is -0.378 e. The van der Waals surface area contributed by atoms with Gasteiger partial charge in [0.25, 0.3) is 5.91 Å². The summed E-state index contributed by atoms with van der Waals surface area (Å²) in [6.07, 6.45) is 2.47. The van der Waals surface area contributed by atoms with E-state index in [0.29, 0.717) is 11.3 Å². The molecule has 0 bridgehead atoms. The summed E-state index contributed by atoms with van der Waals surface area (Å²) in [6, 6.07) is 10.3. The average Bonchev–Trinajstić information content (AvgIpc) is 3.01. The maximum Gasteiger partial charge on any atom is 0.286 e. The molecule has 0 unspecified atom stereocenters. The van der Waals surface area contributed by atoms with E-state index in [-0.39, 0.29) is 5.91 Å². The predicted molar refractivity (Wildman–Crippen MR) is 107 cm³/mol. The molecular weight excluding hydrogens is 346 g/mol. The van der Waals surface area contributed by atoms with Gasteiger partial charge in [0.05, 0.1) is 11.0 Å². The van der Waals surface area contributed by atoms with Gasteiger partial charge in [-0.05, 0) is 35.5 Å². The van der Waals surface area contributed by atoms with Crippen LogP contribution in [0.25, 0.3) is 6.08 Å². The molecule has 26 heavy (non-hydrogen) atoms. The third-order valence-electron chi connectivity index (χ3n) is 4.50. The highest BCUT2D eigenvalue weighted by Gasteiger charge is 2.28. The van der Waals surface area contributed by atoms with Crippen molar-refractivity contribution in [2.45, 2.75) is 6.42 Å². The number of carbonyl (C=O) groups is 1. The number of rotatable bonds is 4. The van der Waals surface area contributed by atoms with Crippen molar-refractivity contribution >= 4 is 34.6 Å². The molecule has 0 radical (unpaired) electrons. The molecule has 2 aliphatic rings. The van der Waals surface area contributed by atoms with Crippen LogP contribution >= 0.6 is 11.8 Å². The second-order valence-electron chi connectivity index (χ2n) is 6.53. The van der Waals surface area contributed by atoms with Crippen LogP contribution in [0.5, 0.6) is 0 Å². The molecule has 1 aromatic rings. The van der Waals surface area contributed by atoms with E-state index < -0.39 is 0 Å². The molecule has 3 rings (SSSR count). The van der Waals surface area contributed by atoms with Crippen molar-refractivity contribution in [2.75, 3.05) is 51.7 Å². The molecule has 0 atom stereocenters. The number of hydrogen-bond acceptors (Lipinski definition) is 6. The van der Waals surface area contributed by atoms with Crippen LogP contribution in [0.15, 0.2) is 34.2 Å². The monoisotopic (exact) mass is 369 g/mol. The van der Waals surface area contributed by atoms with E-state index in [0.717, 1.165) is 49.1 Å². The van der Waals surface area contributed by atoms with Gasteiger partial charge in [-0.3, -0.25) is 9.69 Å². The third-order valence-corrected chi connectivity index (χ3v) is 5.54. The molecule has 1 fully saturated rings. The summed E-state index contributed by atoms with van der Waals surface area (Å²) >= 11 is 1.46. The first-order chi connectivity index (χ1) is 12.6. The van der Waals surface area contributed by atoms with Crippen LogP contribution in [0.4, 0.5) is 5.69 Å². The first-order valence-corrected chi connectivity index (χ1v) is 9.52. The van der Waals surface area contributed by atoms with Crippen molar-refractivity contribution in [1.82, 2.24) is 9.80 Å². The van der Waals surface area contributed by atoms with Crippen molar-refractivity contribution < 1.29 is 4.79 Å². The van der Waals surface area contributed by atoms with Crippen LogP contribution in [-0.2, 0) is 4.79 Å². The van der Waals surface area contributed by atoms with Crippen molar-refractivity contribution in [3.63, 3.8) is 0 Å². The molecule has 7 heteroatoms. The number of carbonyl (C=O) groups excluding carboxylic acids is 1. The maximum absolute atomic E-state index is 12.3. The fourth-order valence-corrected chi connectivity index (χ4v) is 3.89. The zero-order valence-corrected chi connectivity index (χ0v) is 16.0. The van der Waals surface area contributed by atoms with Crippen LogP contribution in [0.3, 0.4) is 0 Å². The van der Waals surface area contributed by atoms with Gasteiger partial charge in [0.15, 0.2) is 5.17 Å². The number of piperazine rings is 1. The topological polar surface area (TPSA) is 62.9 Å². The lowest BCUT2D eigenvalue weighted by Crippen LogP contribution is -2.47. The number of benzene rings is 1. The second kappa shape index (κ2) is 8.39. The Morgan fingerprint density at radius 1 is 1.23 bits per heavy atom. The predicted octanol–water partition coefficient (Wildman–Crippen LogP) is 2.25. The van der Waals surface area contributed by atoms with Crippen LogP contribution in [-0.4, -0.2) is 67.7 Å². The lowest BCUT2D eigenvalue weighted by Gasteiger charge is -2.34. The van der Waals surface area contributed by atoms with Gasteiger partial charge in [-0.2, -0.15) is 10.3 Å². The summed E-state index contributed by atoms with van der Waals surface area (Å²) in [5.41, 5.74) is 2.13. The van der Waals surface area contributed by atoms with Gasteiger partial charge in [-0.15, -0.1) is 0 Å². The number of aliphatic imine (C=N–C) groups is 1.